The van der Waals surface area contributed by atoms with Crippen LogP contribution in [0.2, 0.25) is 5.02 Å². The van der Waals surface area contributed by atoms with Crippen molar-refractivity contribution >= 4 is 29.0 Å². The minimum atomic E-state index is -0.597. The van der Waals surface area contributed by atoms with Crippen molar-refractivity contribution in [3.05, 3.63) is 64.2 Å². The topological polar surface area (TPSA) is 61.2 Å². The second-order valence-corrected chi connectivity index (χ2v) is 5.09. The maximum Gasteiger partial charge on any atom is 0.299 e. The number of anilines is 1. The van der Waals surface area contributed by atoms with E-state index in [9.17, 15) is 9.59 Å². The van der Waals surface area contributed by atoms with Crippen LogP contribution in [-0.4, -0.2) is 11.7 Å². The summed E-state index contributed by atoms with van der Waals surface area (Å²) < 4.78 is 0. The van der Waals surface area contributed by atoms with E-state index >= 15 is 0 Å². The number of carbonyl (C=O) groups excluding carboxylic acids is 2. The zero-order valence-corrected chi connectivity index (χ0v) is 11.6. The van der Waals surface area contributed by atoms with Crippen molar-refractivity contribution in [3.8, 4) is 6.07 Å². The van der Waals surface area contributed by atoms with Gasteiger partial charge in [-0.05, 0) is 29.8 Å². The molecule has 1 amide bonds. The van der Waals surface area contributed by atoms with Crippen molar-refractivity contribution < 1.29 is 9.59 Å². The van der Waals surface area contributed by atoms with Gasteiger partial charge in [-0.3, -0.25) is 9.59 Å². The number of nitrogens with zero attached hydrogens (tertiary/aromatic N) is 2. The first-order valence-corrected chi connectivity index (χ1v) is 6.63. The molecular formula is C16H9ClN2O2. The van der Waals surface area contributed by atoms with Crippen molar-refractivity contribution in [3.63, 3.8) is 0 Å². The van der Waals surface area contributed by atoms with Crippen LogP contribution in [0.25, 0.3) is 0 Å². The van der Waals surface area contributed by atoms with Gasteiger partial charge in [0.05, 0.1) is 29.4 Å². The number of fused-ring (bicyclic) bond motifs is 1. The van der Waals surface area contributed by atoms with Gasteiger partial charge in [-0.25, -0.2) is 0 Å². The number of carbonyl (C=O) groups is 2. The monoisotopic (exact) mass is 296 g/mol. The van der Waals surface area contributed by atoms with E-state index < -0.39 is 11.7 Å². The van der Waals surface area contributed by atoms with Gasteiger partial charge in [-0.2, -0.15) is 5.26 Å². The fourth-order valence-corrected chi connectivity index (χ4v) is 2.53. The van der Waals surface area contributed by atoms with Gasteiger partial charge in [0, 0.05) is 5.02 Å². The number of hydrogen-bond donors (Lipinski definition) is 0. The summed E-state index contributed by atoms with van der Waals surface area (Å²) in [5.41, 5.74) is 2.01. The molecule has 0 aromatic heterocycles. The summed E-state index contributed by atoms with van der Waals surface area (Å²) in [5.74, 6) is -1.14. The molecule has 0 atom stereocenters. The third-order valence-corrected chi connectivity index (χ3v) is 3.64. The molecule has 2 aromatic carbocycles. The van der Waals surface area contributed by atoms with Crippen LogP contribution >= 0.6 is 11.6 Å². The largest absolute Gasteiger partial charge is 0.300 e. The Kier molecular flexibility index (Phi) is 3.20. The van der Waals surface area contributed by atoms with Gasteiger partial charge >= 0.3 is 0 Å². The summed E-state index contributed by atoms with van der Waals surface area (Å²) in [4.78, 5) is 25.5. The van der Waals surface area contributed by atoms with Crippen LogP contribution in [0.1, 0.15) is 21.5 Å². The zero-order chi connectivity index (χ0) is 15.0. The number of halogens is 1. The number of nitriles is 1. The van der Waals surface area contributed by atoms with Gasteiger partial charge < -0.3 is 4.90 Å². The summed E-state index contributed by atoms with van der Waals surface area (Å²) in [7, 11) is 0. The fraction of sp³-hybridized carbons (Fsp3) is 0.0625. The molecule has 0 unspecified atom stereocenters. The minimum Gasteiger partial charge on any atom is -0.300 e. The molecule has 0 fully saturated rings. The third-order valence-electron chi connectivity index (χ3n) is 3.40. The van der Waals surface area contributed by atoms with Crippen molar-refractivity contribution in [2.45, 2.75) is 6.54 Å². The number of benzene rings is 2. The van der Waals surface area contributed by atoms with Gasteiger partial charge in [-0.1, -0.05) is 29.8 Å². The van der Waals surface area contributed by atoms with E-state index in [2.05, 4.69) is 6.07 Å². The molecule has 0 saturated heterocycles. The average Bonchev–Trinajstić information content (AvgIpc) is 2.72. The molecule has 2 aromatic rings. The summed E-state index contributed by atoms with van der Waals surface area (Å²) in [6, 6.07) is 13.8. The molecule has 1 heterocycles. The van der Waals surface area contributed by atoms with Crippen molar-refractivity contribution in [1.29, 1.82) is 5.26 Å². The lowest BCUT2D eigenvalue weighted by Gasteiger charge is -2.17. The lowest BCUT2D eigenvalue weighted by Crippen LogP contribution is -2.29. The lowest BCUT2D eigenvalue weighted by molar-refractivity contribution is -0.114. The number of ketones is 1. The normalized spacial score (nSPS) is 13.2. The highest BCUT2D eigenvalue weighted by atomic mass is 35.5. The molecule has 0 aliphatic carbocycles. The first-order chi connectivity index (χ1) is 10.1. The van der Waals surface area contributed by atoms with Crippen molar-refractivity contribution in [1.82, 2.24) is 0 Å². The van der Waals surface area contributed by atoms with Crippen LogP contribution in [-0.2, 0) is 11.3 Å². The first-order valence-electron chi connectivity index (χ1n) is 6.25. The van der Waals surface area contributed by atoms with E-state index in [4.69, 9.17) is 16.9 Å². The van der Waals surface area contributed by atoms with Crippen LogP contribution in [0.4, 0.5) is 5.69 Å². The van der Waals surface area contributed by atoms with E-state index in [1.807, 2.05) is 0 Å². The second-order valence-electron chi connectivity index (χ2n) is 4.65. The van der Waals surface area contributed by atoms with E-state index in [1.54, 1.807) is 42.5 Å². The Bertz CT molecular complexity index is 808. The average molecular weight is 297 g/mol. The van der Waals surface area contributed by atoms with Crippen LogP contribution in [0.5, 0.6) is 0 Å². The van der Waals surface area contributed by atoms with Crippen molar-refractivity contribution in [2.24, 2.45) is 0 Å². The number of rotatable bonds is 2. The quantitative estimate of drug-likeness (QED) is 0.801. The minimum absolute atomic E-state index is 0.168. The predicted octanol–water partition coefficient (Wildman–Crippen LogP) is 2.94. The molecule has 102 valence electrons. The Labute approximate surface area is 126 Å². The molecule has 1 aliphatic rings. The zero-order valence-electron chi connectivity index (χ0n) is 10.8. The molecule has 21 heavy (non-hydrogen) atoms. The highest BCUT2D eigenvalue weighted by Gasteiger charge is 2.36. The van der Waals surface area contributed by atoms with Gasteiger partial charge in [0.15, 0.2) is 0 Å². The number of Topliss-reactive ketones (excluding diaryl/α,β-unsaturated/α-hetero) is 1. The lowest BCUT2D eigenvalue weighted by atomic mass is 10.1. The molecule has 0 bridgehead atoms. The van der Waals surface area contributed by atoms with E-state index in [0.29, 0.717) is 27.4 Å². The molecule has 1 aliphatic heterocycles. The summed E-state index contributed by atoms with van der Waals surface area (Å²) in [6.45, 7) is 0.168. The Morgan fingerprint density at radius 2 is 1.90 bits per heavy atom. The maximum absolute atomic E-state index is 12.1. The van der Waals surface area contributed by atoms with Crippen molar-refractivity contribution in [2.75, 3.05) is 4.90 Å². The summed E-state index contributed by atoms with van der Waals surface area (Å²) in [6.07, 6.45) is 0. The maximum atomic E-state index is 12.1. The summed E-state index contributed by atoms with van der Waals surface area (Å²) in [5, 5.41) is 9.56. The Morgan fingerprint density at radius 1 is 1.14 bits per heavy atom. The van der Waals surface area contributed by atoms with Crippen LogP contribution in [0.15, 0.2) is 42.5 Å². The molecular weight excluding hydrogens is 288 g/mol. The molecule has 0 N–H and O–H groups in total. The Balaban J connectivity index is 2.05. The van der Waals surface area contributed by atoms with Gasteiger partial charge in [0.2, 0.25) is 0 Å². The predicted molar refractivity (Wildman–Crippen MR) is 78.1 cm³/mol. The standard InChI is InChI=1S/C16H9ClN2O2/c17-12-5-6-13-14(7-12)19(16(21)15(13)20)9-11-4-2-1-3-10(11)8-18/h1-7H,9H2. The van der Waals surface area contributed by atoms with Crippen LogP contribution in [0.3, 0.4) is 0 Å². The molecule has 0 radical (unpaired) electrons. The molecule has 4 nitrogen and oxygen atoms in total. The Morgan fingerprint density at radius 3 is 2.67 bits per heavy atom. The van der Waals surface area contributed by atoms with Crippen LogP contribution < -0.4 is 4.90 Å². The van der Waals surface area contributed by atoms with Gasteiger partial charge in [0.1, 0.15) is 0 Å². The Hall–Kier alpha value is -2.64. The van der Waals surface area contributed by atoms with Gasteiger partial charge in [0.25, 0.3) is 11.7 Å². The third kappa shape index (κ3) is 2.18. The van der Waals surface area contributed by atoms with Crippen LogP contribution in [0, 0.1) is 11.3 Å². The fourth-order valence-electron chi connectivity index (χ4n) is 2.36. The highest BCUT2D eigenvalue weighted by molar-refractivity contribution is 6.52. The SMILES string of the molecule is N#Cc1ccccc1CN1C(=O)C(=O)c2ccc(Cl)cc21. The van der Waals surface area contributed by atoms with E-state index in [1.165, 1.54) is 4.90 Å². The number of amides is 1. The molecule has 0 spiro atoms. The highest BCUT2D eigenvalue weighted by Crippen LogP contribution is 2.33. The van der Waals surface area contributed by atoms with Gasteiger partial charge in [-0.15, -0.1) is 0 Å². The van der Waals surface area contributed by atoms with E-state index in [-0.39, 0.29) is 6.54 Å². The van der Waals surface area contributed by atoms with E-state index in [0.717, 1.165) is 0 Å². The molecule has 5 heteroatoms. The molecule has 3 rings (SSSR count). The summed E-state index contributed by atoms with van der Waals surface area (Å²) >= 11 is 5.94. The number of hydrogen-bond acceptors (Lipinski definition) is 3. The molecule has 0 saturated carbocycles. The second kappa shape index (κ2) is 5.04. The smallest absolute Gasteiger partial charge is 0.299 e. The first kappa shape index (κ1) is 13.3.